The summed E-state index contributed by atoms with van der Waals surface area (Å²) in [4.78, 5) is 156. The van der Waals surface area contributed by atoms with E-state index in [9.17, 15) is 97.0 Å². The molecule has 748 valence electrons. The van der Waals surface area contributed by atoms with Gasteiger partial charge in [-0.25, -0.2) is 96.5 Å². The molecule has 145 heavy (non-hydrogen) atoms. The molecule has 16 rings (SSSR count). The summed E-state index contributed by atoms with van der Waals surface area (Å²) >= 11 is 26.2. The van der Waals surface area contributed by atoms with E-state index in [2.05, 4.69) is 73.9 Å². The quantitative estimate of drug-likeness (QED) is 0.0136. The lowest BCUT2D eigenvalue weighted by Crippen LogP contribution is -2.34. The molecule has 12 aromatic heterocycles. The molecule has 0 radical (unpaired) electrons. The second kappa shape index (κ2) is 45.6. The number of methoxy groups -OCH3 is 1. The van der Waals surface area contributed by atoms with E-state index >= 15 is 0 Å². The van der Waals surface area contributed by atoms with Crippen LogP contribution < -0.4 is 89.0 Å². The Morgan fingerprint density at radius 2 is 0.683 bits per heavy atom. The summed E-state index contributed by atoms with van der Waals surface area (Å²) in [7, 11) is -4.52. The minimum absolute atomic E-state index is 0.0597. The second-order valence-corrected chi connectivity index (χ2v) is 44.4. The van der Waals surface area contributed by atoms with Crippen LogP contribution in [0.3, 0.4) is 0 Å². The van der Waals surface area contributed by atoms with Crippen LogP contribution in [0.5, 0.6) is 0 Å². The van der Waals surface area contributed by atoms with Crippen molar-refractivity contribution in [2.45, 2.75) is 16.8 Å². The normalized spacial score (nSPS) is 11.2. The van der Waals surface area contributed by atoms with Crippen molar-refractivity contribution in [3.8, 4) is 29.3 Å². The number of pyridine rings is 8. The van der Waals surface area contributed by atoms with Crippen LogP contribution in [0.25, 0.3) is 66.4 Å². The molecule has 0 aliphatic carbocycles. The van der Waals surface area contributed by atoms with Gasteiger partial charge in [-0.05, 0) is 184 Å². The number of thiophene rings is 4. The molecule has 0 spiro atoms. The molecule has 0 fully saturated rings. The average Bonchev–Trinajstić information content (AvgIpc) is 1.73. The third-order valence-corrected chi connectivity index (χ3v) is 32.4. The first-order chi connectivity index (χ1) is 68.9. The number of sulfonamides is 4. The summed E-state index contributed by atoms with van der Waals surface area (Å²) in [5.74, 6) is -0.352. The van der Waals surface area contributed by atoms with E-state index in [1.54, 1.807) is 88.9 Å². The Labute approximate surface area is 856 Å². The Balaban J connectivity index is 0.000000162. The number of nitrogens with one attached hydrogen (secondary N) is 13. The summed E-state index contributed by atoms with van der Waals surface area (Å²) < 4.78 is 116. The summed E-state index contributed by atoms with van der Waals surface area (Å²) in [6, 6.07) is 39.9. The lowest BCUT2D eigenvalue weighted by atomic mass is 10.1. The number of anilines is 8. The number of urea groups is 4. The van der Waals surface area contributed by atoms with Gasteiger partial charge in [0.05, 0.1) is 111 Å². The Bertz CT molecular complexity index is 8630. The number of nitriles is 1. The van der Waals surface area contributed by atoms with Gasteiger partial charge in [-0.3, -0.25) is 52.4 Å². The number of rotatable bonds is 26. The third kappa shape index (κ3) is 25.6. The third-order valence-electron chi connectivity index (χ3n) is 20.2. The minimum Gasteiger partial charge on any atom is -0.465 e. The summed E-state index contributed by atoms with van der Waals surface area (Å²) in [6.45, 7) is 1.05. The molecule has 0 bridgehead atoms. The number of hydrogen-bond donors (Lipinski definition) is 13. The molecule has 0 saturated carbocycles. The number of ether oxygens (including phenoxy) is 1. The van der Waals surface area contributed by atoms with E-state index in [4.69, 9.17) is 51.1 Å². The number of nitrogens with zero attached hydrogens (tertiary/aromatic N) is 11. The van der Waals surface area contributed by atoms with Gasteiger partial charge in [0, 0.05) is 115 Å². The van der Waals surface area contributed by atoms with Crippen LogP contribution in [0, 0.1) is 21.4 Å². The maximum atomic E-state index is 13.4. The first kappa shape index (κ1) is 106. The van der Waals surface area contributed by atoms with Crippen LogP contribution in [-0.2, 0) is 44.8 Å². The Hall–Kier alpha value is -15.9. The molecule has 9 amide bonds. The van der Waals surface area contributed by atoms with Crippen molar-refractivity contribution in [1.82, 2.24) is 67.3 Å². The number of carbonyl (C=O) groups is 6. The SMILES string of the molecule is CNc1ccc2c(=O)n(-c3ccc(NC(=O)NS(=O)(=O)c4ccc(Cl)s4)cn3)cc(C#N)c2c1.CNc1ccc2c(=O)n(-c3ccc(NC(=O)NS(=O)(=O)c4ccc(Cl)s4)cn3)cc(C(=O)NCCN(C)C)c2c1.CNc1ccc2c(=O)n(-c3ccc(NC(=O)NS(=O)(=O)c4ccc(Cl)s4)cn3)cc(C(=O)OC)c2c1.CNc1ccc2c(=O)n(-c3ccc(NC(=O)NS(=O)(=O)c4ccc(Cl)s4)cn3)cc([N+](=O)[O-])c2c1. The molecular formula is C88H74Cl4N24O21S8. The Kier molecular flexibility index (Phi) is 33.5. The Morgan fingerprint density at radius 1 is 0.400 bits per heavy atom. The van der Waals surface area contributed by atoms with Crippen molar-refractivity contribution in [2.75, 3.05) is 105 Å². The van der Waals surface area contributed by atoms with Gasteiger partial charge in [0.25, 0.3) is 73.9 Å². The van der Waals surface area contributed by atoms with Crippen molar-refractivity contribution in [3.63, 3.8) is 0 Å². The first-order valence-corrected chi connectivity index (χ1v) is 51.9. The number of fused-ring (bicyclic) bond motifs is 4. The number of aromatic nitrogens is 8. The van der Waals surface area contributed by atoms with E-state index in [0.717, 1.165) is 67.5 Å². The van der Waals surface area contributed by atoms with E-state index in [-0.39, 0.29) is 130 Å². The standard InChI is InChI=1S/C25H26ClN7O5S2.C22H18ClN5O6S2.C21H15ClN6O4S2.C20H15ClN6O6S2/c1-27-15-4-6-17-18(12-15)19(23(34)28-10-11-32(2)3)14-33(24(17)35)21-8-5-16(13-29-21)30-25(36)31-40(37,38)22-9-7-20(26)39-22;1-24-12-3-5-14-15(9-12)16(21(30)34-2)11-28(20(14)29)18-7-4-13(10-25-18)26-22(31)27-36(32,33)19-8-6-17(23)35-19;1-24-13-2-4-15-16(8-13)12(9-23)11-28(20(15)29)18-6-3-14(10-25-18)26-21(30)27-34(31,32)19-7-5-17(22)33-19;1-22-11-2-4-13-14(8-11)15(27(30)31)10-26(19(13)28)17-6-3-12(9-23-17)24-20(29)25-35(32,33)18-7-5-16(21)34-18/h4-9,12-14,27H,10-11H2,1-3H3,(H,28,34)(H2,30,31,36);3-11,24H,1-2H3,(H2,26,27,31);2-8,10-11,24H,1H3,(H2,26,27,30);2-10,22H,1H3,(H2,24,25,29). The van der Waals surface area contributed by atoms with E-state index < -0.39 is 91.8 Å². The predicted molar refractivity (Wildman–Crippen MR) is 556 cm³/mol. The molecule has 45 nitrogen and oxygen atoms in total. The molecule has 57 heteroatoms. The fraction of sp³-hybridized carbons (Fsp3) is 0.102. The van der Waals surface area contributed by atoms with Gasteiger partial charge in [-0.2, -0.15) is 5.26 Å². The number of likely N-dealkylation sites (N-methyl/N-ethyl adjacent to an activating group) is 1. The smallest absolute Gasteiger partial charge is 0.340 e. The van der Waals surface area contributed by atoms with E-state index in [0.29, 0.717) is 51.4 Å². The molecule has 13 N–H and O–H groups in total. The molecule has 0 aliphatic rings. The monoisotopic (exact) mass is 2200 g/mol. The number of amides is 9. The van der Waals surface area contributed by atoms with Crippen LogP contribution in [-0.4, -0.2) is 180 Å². The maximum absolute atomic E-state index is 13.4. The fourth-order valence-electron chi connectivity index (χ4n) is 13.3. The van der Waals surface area contributed by atoms with Gasteiger partial charge >= 0.3 is 30.1 Å². The molecular weight excluding hydrogens is 2130 g/mol. The predicted octanol–water partition coefficient (Wildman–Crippen LogP) is 13.5. The van der Waals surface area contributed by atoms with Crippen LogP contribution in [0.2, 0.25) is 17.3 Å². The molecule has 16 aromatic rings. The van der Waals surface area contributed by atoms with Crippen LogP contribution in [0.1, 0.15) is 26.3 Å². The highest BCUT2D eigenvalue weighted by Gasteiger charge is 2.28. The summed E-state index contributed by atoms with van der Waals surface area (Å²) in [5.41, 5.74) is 2.18. The highest BCUT2D eigenvalue weighted by atomic mass is 35.5. The summed E-state index contributed by atoms with van der Waals surface area (Å²) in [5, 5.41) is 48.0. The molecule has 12 heterocycles. The zero-order valence-corrected chi connectivity index (χ0v) is 85.0. The van der Waals surface area contributed by atoms with Gasteiger partial charge in [-0.1, -0.05) is 46.4 Å². The van der Waals surface area contributed by atoms with Crippen molar-refractivity contribution in [1.29, 1.82) is 5.26 Å². The molecule has 0 aliphatic heterocycles. The second-order valence-electron chi connectivity index (χ2n) is 29.9. The first-order valence-electron chi connectivity index (χ1n) is 41.2. The van der Waals surface area contributed by atoms with Gasteiger partial charge in [-0.15, -0.1) is 45.3 Å². The van der Waals surface area contributed by atoms with Crippen molar-refractivity contribution in [3.05, 3.63) is 305 Å². The molecule has 0 unspecified atom stereocenters. The number of carbonyl (C=O) groups excluding carboxylic acids is 6. The highest BCUT2D eigenvalue weighted by Crippen LogP contribution is 2.34. The number of esters is 1. The van der Waals surface area contributed by atoms with Crippen molar-refractivity contribution >= 4 is 262 Å². The number of halogens is 4. The molecule has 4 aromatic carbocycles. The van der Waals surface area contributed by atoms with Gasteiger partial charge in [0.2, 0.25) is 0 Å². The van der Waals surface area contributed by atoms with E-state index in [1.165, 1.54) is 173 Å². The van der Waals surface area contributed by atoms with Gasteiger partial charge in [0.15, 0.2) is 0 Å². The van der Waals surface area contributed by atoms with Crippen LogP contribution in [0.4, 0.5) is 70.4 Å². The molecule has 0 atom stereocenters. The lowest BCUT2D eigenvalue weighted by molar-refractivity contribution is -0.383. The lowest BCUT2D eigenvalue weighted by Gasteiger charge is -2.15. The largest absolute Gasteiger partial charge is 0.465 e. The topological polar surface area (TPSA) is 614 Å². The zero-order valence-electron chi connectivity index (χ0n) is 75.5. The molecule has 0 saturated heterocycles. The van der Waals surface area contributed by atoms with Crippen molar-refractivity contribution in [2.24, 2.45) is 0 Å². The van der Waals surface area contributed by atoms with Gasteiger partial charge in [0.1, 0.15) is 46.2 Å². The van der Waals surface area contributed by atoms with Crippen LogP contribution >= 0.6 is 91.8 Å². The Morgan fingerprint density at radius 3 is 0.966 bits per heavy atom. The van der Waals surface area contributed by atoms with Crippen molar-refractivity contribution < 1.29 is 72.1 Å². The average molecular weight is 2200 g/mol. The number of nitro groups is 1. The fourth-order valence-corrected chi connectivity index (χ4v) is 22.9. The van der Waals surface area contributed by atoms with Gasteiger partial charge < -0.3 is 57.5 Å². The maximum Gasteiger partial charge on any atom is 0.340 e. The number of hydrogen-bond acceptors (Lipinski definition) is 35. The highest BCUT2D eigenvalue weighted by molar-refractivity contribution is 7.93. The number of benzene rings is 4. The van der Waals surface area contributed by atoms with Crippen LogP contribution in [0.15, 0.2) is 255 Å². The summed E-state index contributed by atoms with van der Waals surface area (Å²) in [6.07, 6.45) is 10.2. The zero-order chi connectivity index (χ0) is 105. The van der Waals surface area contributed by atoms with E-state index in [1.807, 2.05) is 37.9 Å². The minimum atomic E-state index is -4.12.